The molecule has 5 heteroatoms. The number of halogens is 1. The van der Waals surface area contributed by atoms with Crippen molar-refractivity contribution in [3.05, 3.63) is 28.4 Å². The van der Waals surface area contributed by atoms with Gasteiger partial charge in [0.2, 0.25) is 0 Å². The molecule has 0 fully saturated rings. The summed E-state index contributed by atoms with van der Waals surface area (Å²) in [5.41, 5.74) is 0.803. The maximum Gasteiger partial charge on any atom is 0.154 e. The highest BCUT2D eigenvalue weighted by atomic mass is 35.5. The number of aromatic nitrogens is 2. The molecule has 0 saturated carbocycles. The van der Waals surface area contributed by atoms with E-state index in [2.05, 4.69) is 15.1 Å². The number of nitrogens with one attached hydrogen (secondary N) is 1. The Balaban J connectivity index is 2.90. The number of hydrogen-bond acceptors (Lipinski definition) is 3. The van der Waals surface area contributed by atoms with Crippen LogP contribution in [0.1, 0.15) is 0 Å². The number of rotatable bonds is 1. The molecule has 0 aliphatic heterocycles. The molecule has 4 nitrogen and oxygen atoms in total. The minimum atomic E-state index is 0.222. The Morgan fingerprint density at radius 3 is 3.17 bits per heavy atom. The number of hydrogen-bond donors (Lipinski definition) is 1. The van der Waals surface area contributed by atoms with Crippen molar-refractivity contribution in [2.45, 2.75) is 0 Å². The van der Waals surface area contributed by atoms with Crippen LogP contribution in [-0.2, 0) is 0 Å². The second-order valence-electron chi connectivity index (χ2n) is 2.28. The third-order valence-corrected chi connectivity index (χ3v) is 1.86. The van der Waals surface area contributed by atoms with Gasteiger partial charge in [0.25, 0.3) is 0 Å². The van der Waals surface area contributed by atoms with Crippen LogP contribution in [0.4, 0.5) is 5.69 Å². The summed E-state index contributed by atoms with van der Waals surface area (Å²) in [5.74, 6) is 0. The van der Waals surface area contributed by atoms with Gasteiger partial charge in [0.15, 0.2) is 5.69 Å². The molecule has 2 rings (SSSR count). The first kappa shape index (κ1) is 7.24. The van der Waals surface area contributed by atoms with E-state index in [9.17, 15) is 4.91 Å². The van der Waals surface area contributed by atoms with Gasteiger partial charge >= 0.3 is 0 Å². The molecule has 0 radical (unpaired) electrons. The number of nitrogens with zero attached hydrogens (tertiary/aromatic N) is 2. The number of nitroso groups, excluding NO2 is 1. The van der Waals surface area contributed by atoms with E-state index in [1.54, 1.807) is 18.3 Å². The van der Waals surface area contributed by atoms with Gasteiger partial charge in [-0.1, -0.05) is 11.6 Å². The highest BCUT2D eigenvalue weighted by molar-refractivity contribution is 6.33. The highest BCUT2D eigenvalue weighted by Crippen LogP contribution is 2.31. The van der Waals surface area contributed by atoms with Crippen molar-refractivity contribution >= 4 is 28.3 Å². The Labute approximate surface area is 72.5 Å². The smallest absolute Gasteiger partial charge is 0.154 e. The Hall–Kier alpha value is -1.42. The molecule has 0 spiro atoms. The van der Waals surface area contributed by atoms with Gasteiger partial charge in [-0.25, -0.2) is 4.98 Å². The third-order valence-electron chi connectivity index (χ3n) is 1.59. The van der Waals surface area contributed by atoms with E-state index in [-0.39, 0.29) is 10.8 Å². The largest absolute Gasteiger partial charge is 0.328 e. The van der Waals surface area contributed by atoms with Crippen LogP contribution in [0.3, 0.4) is 0 Å². The molecule has 1 N–H and O–H groups in total. The van der Waals surface area contributed by atoms with Crippen molar-refractivity contribution < 1.29 is 0 Å². The van der Waals surface area contributed by atoms with E-state index in [0.29, 0.717) is 11.0 Å². The molecule has 0 unspecified atom stereocenters. The van der Waals surface area contributed by atoms with E-state index in [4.69, 9.17) is 11.6 Å². The van der Waals surface area contributed by atoms with Gasteiger partial charge in [-0.05, 0) is 17.3 Å². The van der Waals surface area contributed by atoms with Crippen molar-refractivity contribution in [2.24, 2.45) is 5.18 Å². The molecule has 0 amide bonds. The van der Waals surface area contributed by atoms with Crippen LogP contribution in [0.15, 0.2) is 23.5 Å². The Kier molecular flexibility index (Phi) is 1.55. The fourth-order valence-corrected chi connectivity index (χ4v) is 1.29. The van der Waals surface area contributed by atoms with Crippen molar-refractivity contribution in [2.75, 3.05) is 0 Å². The lowest BCUT2D eigenvalue weighted by Gasteiger charge is -1.84. The van der Waals surface area contributed by atoms with Gasteiger partial charge < -0.3 is 4.98 Å². The SMILES string of the molecule is O=Nc1c(Cl)[nH]c2ncccc12. The van der Waals surface area contributed by atoms with Crippen LogP contribution in [-0.4, -0.2) is 9.97 Å². The predicted molar refractivity (Wildman–Crippen MR) is 46.6 cm³/mol. The summed E-state index contributed by atoms with van der Waals surface area (Å²) in [7, 11) is 0. The second kappa shape index (κ2) is 2.57. The lowest BCUT2D eigenvalue weighted by atomic mass is 10.3. The number of aromatic amines is 1. The third kappa shape index (κ3) is 0.887. The molecule has 2 heterocycles. The van der Waals surface area contributed by atoms with Crippen molar-refractivity contribution in [1.82, 2.24) is 9.97 Å². The molecule has 0 aliphatic rings. The molecule has 0 atom stereocenters. The van der Waals surface area contributed by atoms with Crippen LogP contribution in [0.2, 0.25) is 5.15 Å². The van der Waals surface area contributed by atoms with Crippen LogP contribution >= 0.6 is 11.6 Å². The van der Waals surface area contributed by atoms with Crippen molar-refractivity contribution in [3.8, 4) is 0 Å². The molecule has 0 aromatic carbocycles. The lowest BCUT2D eigenvalue weighted by molar-refractivity contribution is 1.32. The summed E-state index contributed by atoms with van der Waals surface area (Å²) in [6, 6.07) is 3.46. The van der Waals surface area contributed by atoms with E-state index < -0.39 is 0 Å². The van der Waals surface area contributed by atoms with Crippen LogP contribution in [0.5, 0.6) is 0 Å². The molecule has 0 bridgehead atoms. The standard InChI is InChI=1S/C7H4ClN3O/c8-6-5(11-12)4-2-1-3-9-7(4)10-6/h1-3H,(H,9,10). The summed E-state index contributed by atoms with van der Waals surface area (Å²) < 4.78 is 0. The minimum Gasteiger partial charge on any atom is -0.328 e. The zero-order chi connectivity index (χ0) is 8.55. The van der Waals surface area contributed by atoms with Gasteiger partial charge in [-0.15, -0.1) is 4.91 Å². The van der Waals surface area contributed by atoms with Crippen LogP contribution in [0, 0.1) is 4.91 Å². The Bertz CT molecular complexity index is 437. The average Bonchev–Trinajstić information content (AvgIpc) is 2.40. The number of pyridine rings is 1. The quantitative estimate of drug-likeness (QED) is 0.688. The van der Waals surface area contributed by atoms with E-state index >= 15 is 0 Å². The second-order valence-corrected chi connectivity index (χ2v) is 2.66. The minimum absolute atomic E-state index is 0.222. The summed E-state index contributed by atoms with van der Waals surface area (Å²) in [6.07, 6.45) is 1.61. The summed E-state index contributed by atoms with van der Waals surface area (Å²) in [5, 5.41) is 3.69. The summed E-state index contributed by atoms with van der Waals surface area (Å²) in [4.78, 5) is 17.0. The number of H-pyrrole nitrogens is 1. The molecule has 2 aromatic heterocycles. The molecular formula is C7H4ClN3O. The van der Waals surface area contributed by atoms with Crippen molar-refractivity contribution in [1.29, 1.82) is 0 Å². The van der Waals surface area contributed by atoms with Gasteiger partial charge in [0.05, 0.1) is 0 Å². The maximum absolute atomic E-state index is 10.3. The molecule has 0 aliphatic carbocycles. The zero-order valence-electron chi connectivity index (χ0n) is 5.91. The first-order valence-electron chi connectivity index (χ1n) is 3.28. The first-order chi connectivity index (χ1) is 5.83. The van der Waals surface area contributed by atoms with Gasteiger partial charge in [-0.2, -0.15) is 0 Å². The lowest BCUT2D eigenvalue weighted by Crippen LogP contribution is -1.71. The Morgan fingerprint density at radius 2 is 2.42 bits per heavy atom. The summed E-state index contributed by atoms with van der Waals surface area (Å²) in [6.45, 7) is 0. The van der Waals surface area contributed by atoms with Crippen LogP contribution in [0.25, 0.3) is 11.0 Å². The highest BCUT2D eigenvalue weighted by Gasteiger charge is 2.09. The average molecular weight is 182 g/mol. The fourth-order valence-electron chi connectivity index (χ4n) is 1.07. The van der Waals surface area contributed by atoms with Crippen molar-refractivity contribution in [3.63, 3.8) is 0 Å². The normalized spacial score (nSPS) is 10.4. The van der Waals surface area contributed by atoms with Gasteiger partial charge in [-0.3, -0.25) is 0 Å². The fraction of sp³-hybridized carbons (Fsp3) is 0. The van der Waals surface area contributed by atoms with Gasteiger partial charge in [0.1, 0.15) is 10.8 Å². The van der Waals surface area contributed by atoms with E-state index in [0.717, 1.165) is 0 Å². The van der Waals surface area contributed by atoms with Crippen LogP contribution < -0.4 is 0 Å². The van der Waals surface area contributed by atoms with E-state index in [1.807, 2.05) is 0 Å². The monoisotopic (exact) mass is 181 g/mol. The zero-order valence-corrected chi connectivity index (χ0v) is 6.67. The maximum atomic E-state index is 10.3. The summed E-state index contributed by atoms with van der Waals surface area (Å²) >= 11 is 5.68. The van der Waals surface area contributed by atoms with Gasteiger partial charge in [0, 0.05) is 11.6 Å². The first-order valence-corrected chi connectivity index (χ1v) is 3.66. The number of fused-ring (bicyclic) bond motifs is 1. The molecule has 0 saturated heterocycles. The Morgan fingerprint density at radius 1 is 1.58 bits per heavy atom. The van der Waals surface area contributed by atoms with E-state index in [1.165, 1.54) is 0 Å². The predicted octanol–water partition coefficient (Wildman–Crippen LogP) is 2.61. The molecule has 12 heavy (non-hydrogen) atoms. The molecule has 60 valence electrons. The molecule has 2 aromatic rings. The topological polar surface area (TPSA) is 58.1 Å². The molecular weight excluding hydrogens is 178 g/mol.